The maximum Gasteiger partial charge on any atom is 0.253 e. The Bertz CT molecular complexity index is 608. The van der Waals surface area contributed by atoms with Gasteiger partial charge in [0.25, 0.3) is 5.91 Å². The highest BCUT2D eigenvalue weighted by molar-refractivity contribution is 7.89. The number of sulfonamides is 1. The first-order valence-electron chi connectivity index (χ1n) is 7.46. The van der Waals surface area contributed by atoms with E-state index in [2.05, 4.69) is 0 Å². The van der Waals surface area contributed by atoms with Crippen molar-refractivity contribution in [3.05, 3.63) is 34.9 Å². The maximum atomic E-state index is 12.4. The van der Waals surface area contributed by atoms with Crippen molar-refractivity contribution in [1.29, 1.82) is 0 Å². The van der Waals surface area contributed by atoms with Crippen LogP contribution < -0.4 is 0 Å². The van der Waals surface area contributed by atoms with Crippen LogP contribution in [-0.4, -0.2) is 55.5 Å². The minimum absolute atomic E-state index is 0.0812. The van der Waals surface area contributed by atoms with Crippen molar-refractivity contribution in [1.82, 2.24) is 9.21 Å². The molecule has 0 aliphatic carbocycles. The van der Waals surface area contributed by atoms with E-state index in [4.69, 9.17) is 11.6 Å². The standard InChI is InChI=1S/C15H21ClN2O3S/c1-2-3-12-22(20,21)18-10-8-17(9-11-18)15(19)13-4-6-14(16)7-5-13/h4-7H,2-3,8-12H2,1H3. The number of amides is 1. The van der Waals surface area contributed by atoms with Crippen molar-refractivity contribution in [3.63, 3.8) is 0 Å². The van der Waals surface area contributed by atoms with Crippen molar-refractivity contribution in [3.8, 4) is 0 Å². The molecule has 122 valence electrons. The van der Waals surface area contributed by atoms with E-state index >= 15 is 0 Å². The predicted molar refractivity (Wildman–Crippen MR) is 87.6 cm³/mol. The highest BCUT2D eigenvalue weighted by atomic mass is 35.5. The number of nitrogens with zero attached hydrogens (tertiary/aromatic N) is 2. The summed E-state index contributed by atoms with van der Waals surface area (Å²) in [6, 6.07) is 6.74. The summed E-state index contributed by atoms with van der Waals surface area (Å²) in [5.74, 6) is 0.108. The molecule has 1 fully saturated rings. The lowest BCUT2D eigenvalue weighted by Gasteiger charge is -2.34. The van der Waals surface area contributed by atoms with Crippen molar-refractivity contribution >= 4 is 27.5 Å². The van der Waals surface area contributed by atoms with Crippen molar-refractivity contribution in [2.24, 2.45) is 0 Å². The van der Waals surface area contributed by atoms with Gasteiger partial charge in [-0.25, -0.2) is 8.42 Å². The molecule has 1 amide bonds. The molecular formula is C15H21ClN2O3S. The number of rotatable bonds is 5. The Labute approximate surface area is 136 Å². The molecule has 0 bridgehead atoms. The van der Waals surface area contributed by atoms with Gasteiger partial charge in [-0.3, -0.25) is 4.79 Å². The van der Waals surface area contributed by atoms with E-state index in [0.717, 1.165) is 6.42 Å². The van der Waals surface area contributed by atoms with Crippen LogP contribution in [0.3, 0.4) is 0 Å². The molecule has 1 aromatic carbocycles. The van der Waals surface area contributed by atoms with E-state index < -0.39 is 10.0 Å². The Kier molecular flexibility index (Phi) is 5.83. The first-order chi connectivity index (χ1) is 10.4. The Morgan fingerprint density at radius 2 is 1.73 bits per heavy atom. The largest absolute Gasteiger partial charge is 0.336 e. The molecule has 0 spiro atoms. The Morgan fingerprint density at radius 1 is 1.14 bits per heavy atom. The Balaban J connectivity index is 1.94. The first kappa shape index (κ1) is 17.2. The summed E-state index contributed by atoms with van der Waals surface area (Å²) in [5.41, 5.74) is 0.576. The van der Waals surface area contributed by atoms with Crippen LogP contribution in [0.2, 0.25) is 5.02 Å². The number of hydrogen-bond acceptors (Lipinski definition) is 3. The molecule has 1 aliphatic heterocycles. The fourth-order valence-corrected chi connectivity index (χ4v) is 4.16. The van der Waals surface area contributed by atoms with Gasteiger partial charge in [-0.15, -0.1) is 0 Å². The predicted octanol–water partition coefficient (Wildman–Crippen LogP) is 2.23. The quantitative estimate of drug-likeness (QED) is 0.823. The molecule has 7 heteroatoms. The third kappa shape index (κ3) is 4.21. The van der Waals surface area contributed by atoms with Crippen LogP contribution >= 0.6 is 11.6 Å². The minimum atomic E-state index is -3.19. The third-order valence-corrected chi connectivity index (χ3v) is 5.97. The van der Waals surface area contributed by atoms with Crippen LogP contribution in [0.4, 0.5) is 0 Å². The SMILES string of the molecule is CCCCS(=O)(=O)N1CCN(C(=O)c2ccc(Cl)cc2)CC1. The fraction of sp³-hybridized carbons (Fsp3) is 0.533. The molecule has 0 atom stereocenters. The molecule has 2 rings (SSSR count). The molecule has 22 heavy (non-hydrogen) atoms. The number of benzene rings is 1. The van der Waals surface area contributed by atoms with Crippen LogP contribution in [0.25, 0.3) is 0 Å². The van der Waals surface area contributed by atoms with Crippen molar-refractivity contribution < 1.29 is 13.2 Å². The highest BCUT2D eigenvalue weighted by Gasteiger charge is 2.28. The highest BCUT2D eigenvalue weighted by Crippen LogP contribution is 2.15. The molecule has 0 N–H and O–H groups in total. The summed E-state index contributed by atoms with van der Waals surface area (Å²) in [5, 5.41) is 0.586. The third-order valence-electron chi connectivity index (χ3n) is 3.77. The Hall–Kier alpha value is -1.11. The second-order valence-electron chi connectivity index (χ2n) is 5.37. The van der Waals surface area contributed by atoms with Crippen LogP contribution in [0, 0.1) is 0 Å². The van der Waals surface area contributed by atoms with Gasteiger partial charge in [-0.2, -0.15) is 4.31 Å². The molecule has 1 aromatic rings. The lowest BCUT2D eigenvalue weighted by molar-refractivity contribution is 0.0698. The fourth-order valence-electron chi connectivity index (χ4n) is 2.40. The average Bonchev–Trinajstić information content (AvgIpc) is 2.53. The molecule has 0 unspecified atom stereocenters. The van der Waals surface area contributed by atoms with Crippen molar-refractivity contribution in [2.75, 3.05) is 31.9 Å². The van der Waals surface area contributed by atoms with E-state index in [1.807, 2.05) is 6.92 Å². The molecular weight excluding hydrogens is 324 g/mol. The topological polar surface area (TPSA) is 57.7 Å². The number of carbonyl (C=O) groups is 1. The number of unbranched alkanes of at least 4 members (excludes halogenated alkanes) is 1. The average molecular weight is 345 g/mol. The zero-order chi connectivity index (χ0) is 16.2. The summed E-state index contributed by atoms with van der Waals surface area (Å²) in [6.45, 7) is 3.55. The molecule has 1 saturated heterocycles. The summed E-state index contributed by atoms with van der Waals surface area (Å²) >= 11 is 5.81. The van der Waals surface area contributed by atoms with Gasteiger partial charge < -0.3 is 4.90 Å². The molecule has 0 saturated carbocycles. The number of halogens is 1. The molecule has 1 heterocycles. The van der Waals surface area contributed by atoms with E-state index in [9.17, 15) is 13.2 Å². The summed E-state index contributed by atoms with van der Waals surface area (Å²) < 4.78 is 25.8. The second-order valence-corrected chi connectivity index (χ2v) is 7.89. The van der Waals surface area contributed by atoms with Gasteiger partial charge in [0.15, 0.2) is 0 Å². The summed E-state index contributed by atoms with van der Waals surface area (Å²) in [7, 11) is -3.19. The molecule has 0 aromatic heterocycles. The lowest BCUT2D eigenvalue weighted by atomic mass is 10.2. The number of carbonyl (C=O) groups excluding carboxylic acids is 1. The van der Waals surface area contributed by atoms with Gasteiger partial charge in [0.2, 0.25) is 10.0 Å². The minimum Gasteiger partial charge on any atom is -0.336 e. The lowest BCUT2D eigenvalue weighted by Crippen LogP contribution is -2.51. The monoisotopic (exact) mass is 344 g/mol. The normalized spacial score (nSPS) is 16.7. The maximum absolute atomic E-state index is 12.4. The zero-order valence-corrected chi connectivity index (χ0v) is 14.2. The summed E-state index contributed by atoms with van der Waals surface area (Å²) in [6.07, 6.45) is 1.53. The van der Waals surface area contributed by atoms with E-state index in [-0.39, 0.29) is 11.7 Å². The molecule has 1 aliphatic rings. The van der Waals surface area contributed by atoms with Crippen LogP contribution in [-0.2, 0) is 10.0 Å². The van der Waals surface area contributed by atoms with Gasteiger partial charge >= 0.3 is 0 Å². The molecule has 5 nitrogen and oxygen atoms in total. The van der Waals surface area contributed by atoms with E-state index in [1.165, 1.54) is 4.31 Å². The Morgan fingerprint density at radius 3 is 2.27 bits per heavy atom. The van der Waals surface area contributed by atoms with Crippen LogP contribution in [0.5, 0.6) is 0 Å². The second kappa shape index (κ2) is 7.44. The van der Waals surface area contributed by atoms with Gasteiger partial charge in [0.1, 0.15) is 0 Å². The van der Waals surface area contributed by atoms with Gasteiger partial charge in [-0.05, 0) is 30.7 Å². The van der Waals surface area contributed by atoms with Gasteiger partial charge in [0.05, 0.1) is 5.75 Å². The molecule has 0 radical (unpaired) electrons. The van der Waals surface area contributed by atoms with E-state index in [1.54, 1.807) is 29.2 Å². The van der Waals surface area contributed by atoms with Gasteiger partial charge in [0, 0.05) is 36.8 Å². The van der Waals surface area contributed by atoms with Crippen LogP contribution in [0.15, 0.2) is 24.3 Å². The zero-order valence-electron chi connectivity index (χ0n) is 12.7. The van der Waals surface area contributed by atoms with E-state index in [0.29, 0.717) is 43.2 Å². The number of piperazine rings is 1. The van der Waals surface area contributed by atoms with Crippen LogP contribution in [0.1, 0.15) is 30.1 Å². The van der Waals surface area contributed by atoms with Gasteiger partial charge in [-0.1, -0.05) is 24.9 Å². The number of hydrogen-bond donors (Lipinski definition) is 0. The van der Waals surface area contributed by atoms with Crippen molar-refractivity contribution in [2.45, 2.75) is 19.8 Å². The summed E-state index contributed by atoms with van der Waals surface area (Å²) in [4.78, 5) is 14.0. The smallest absolute Gasteiger partial charge is 0.253 e. The first-order valence-corrected chi connectivity index (χ1v) is 9.45.